The molecule has 132 valence electrons. The Kier molecular flexibility index (Phi) is 4.77. The standard InChI is InChI=1S/C21H23N5/c22-9-3-4-14-10-16(11-14)24-12-17(21(23)15-7-8-15)20-13-25-18-5-1-2-6-19(18)26-20/h1-6,13-17,23-24H,7-8,10-12H2/b4-3+,23-21?. The van der Waals surface area contributed by atoms with Gasteiger partial charge < -0.3 is 10.7 Å². The van der Waals surface area contributed by atoms with Crippen molar-refractivity contribution < 1.29 is 0 Å². The second-order valence-electron chi connectivity index (χ2n) is 7.39. The Morgan fingerprint density at radius 1 is 1.31 bits per heavy atom. The van der Waals surface area contributed by atoms with E-state index >= 15 is 0 Å². The zero-order valence-corrected chi connectivity index (χ0v) is 14.7. The van der Waals surface area contributed by atoms with Gasteiger partial charge in [-0.25, -0.2) is 4.98 Å². The Labute approximate surface area is 153 Å². The topological polar surface area (TPSA) is 85.5 Å². The van der Waals surface area contributed by atoms with Crippen molar-refractivity contribution in [3.63, 3.8) is 0 Å². The van der Waals surface area contributed by atoms with E-state index in [0.717, 1.165) is 54.7 Å². The molecular weight excluding hydrogens is 322 g/mol. The molecule has 1 atom stereocenters. The molecule has 2 aliphatic rings. The van der Waals surface area contributed by atoms with Crippen LogP contribution in [0.2, 0.25) is 0 Å². The van der Waals surface area contributed by atoms with Crippen LogP contribution in [-0.2, 0) is 0 Å². The minimum atomic E-state index is -0.00620. The maximum absolute atomic E-state index is 8.61. The summed E-state index contributed by atoms with van der Waals surface area (Å²) in [5.41, 5.74) is 3.48. The molecule has 26 heavy (non-hydrogen) atoms. The fourth-order valence-electron chi connectivity index (χ4n) is 3.64. The van der Waals surface area contributed by atoms with E-state index < -0.39 is 0 Å². The molecule has 0 aliphatic heterocycles. The fourth-order valence-corrected chi connectivity index (χ4v) is 3.64. The van der Waals surface area contributed by atoms with E-state index in [4.69, 9.17) is 15.7 Å². The largest absolute Gasteiger partial charge is 0.313 e. The van der Waals surface area contributed by atoms with E-state index in [0.29, 0.717) is 17.9 Å². The Bertz CT molecular complexity index is 871. The molecule has 0 spiro atoms. The van der Waals surface area contributed by atoms with Gasteiger partial charge in [0.25, 0.3) is 0 Å². The van der Waals surface area contributed by atoms with Crippen molar-refractivity contribution in [1.82, 2.24) is 15.3 Å². The maximum atomic E-state index is 8.61. The van der Waals surface area contributed by atoms with Gasteiger partial charge in [0.15, 0.2) is 0 Å². The first-order chi connectivity index (χ1) is 12.7. The summed E-state index contributed by atoms with van der Waals surface area (Å²) in [6, 6.07) is 10.4. The van der Waals surface area contributed by atoms with E-state index in [2.05, 4.69) is 16.4 Å². The van der Waals surface area contributed by atoms with Gasteiger partial charge in [0.2, 0.25) is 0 Å². The van der Waals surface area contributed by atoms with E-state index in [9.17, 15) is 0 Å². The molecule has 0 amide bonds. The molecule has 0 radical (unpaired) electrons. The molecule has 1 aromatic carbocycles. The SMILES string of the molecule is N#C/C=C/C1CC(NCC(C(=N)C2CC2)c2cnc3ccccc3n2)C1. The van der Waals surface area contributed by atoms with Crippen LogP contribution < -0.4 is 5.32 Å². The summed E-state index contributed by atoms with van der Waals surface area (Å²) < 4.78 is 0. The van der Waals surface area contributed by atoms with Gasteiger partial charge in [0.05, 0.1) is 28.7 Å². The lowest BCUT2D eigenvalue weighted by Crippen LogP contribution is -2.43. The Hall–Kier alpha value is -2.58. The summed E-state index contributed by atoms with van der Waals surface area (Å²) in [6.07, 6.45) is 9.79. The Morgan fingerprint density at radius 2 is 2.08 bits per heavy atom. The first-order valence-electron chi connectivity index (χ1n) is 9.34. The maximum Gasteiger partial charge on any atom is 0.0908 e. The molecule has 0 bridgehead atoms. The molecule has 2 saturated carbocycles. The van der Waals surface area contributed by atoms with E-state index in [1.165, 1.54) is 0 Å². The van der Waals surface area contributed by atoms with Crippen molar-refractivity contribution >= 4 is 16.7 Å². The van der Waals surface area contributed by atoms with Crippen molar-refractivity contribution in [2.45, 2.75) is 37.6 Å². The van der Waals surface area contributed by atoms with Gasteiger partial charge in [-0.3, -0.25) is 4.98 Å². The summed E-state index contributed by atoms with van der Waals surface area (Å²) in [5, 5.41) is 20.8. The van der Waals surface area contributed by atoms with Crippen molar-refractivity contribution in [3.05, 3.63) is 48.3 Å². The fraction of sp³-hybridized carbons (Fsp3) is 0.429. The highest BCUT2D eigenvalue weighted by Gasteiger charge is 2.34. The van der Waals surface area contributed by atoms with E-state index in [1.807, 2.05) is 36.5 Å². The van der Waals surface area contributed by atoms with E-state index in [1.54, 1.807) is 6.08 Å². The number of nitriles is 1. The minimum absolute atomic E-state index is 0.00620. The van der Waals surface area contributed by atoms with Gasteiger partial charge in [0.1, 0.15) is 0 Å². The first kappa shape index (κ1) is 16.9. The lowest BCUT2D eigenvalue weighted by Gasteiger charge is -2.35. The predicted molar refractivity (Wildman–Crippen MR) is 102 cm³/mol. The summed E-state index contributed by atoms with van der Waals surface area (Å²) in [5.74, 6) is 0.921. The third-order valence-electron chi connectivity index (χ3n) is 5.44. The number of nitrogens with one attached hydrogen (secondary N) is 2. The van der Waals surface area contributed by atoms with Crippen LogP contribution in [0.5, 0.6) is 0 Å². The zero-order chi connectivity index (χ0) is 17.9. The molecular formula is C21H23N5. The predicted octanol–water partition coefficient (Wildman–Crippen LogP) is 3.59. The number of hydrogen-bond acceptors (Lipinski definition) is 5. The normalized spacial score (nSPS) is 23.5. The number of fused-ring (bicyclic) bond motifs is 1. The highest BCUT2D eigenvalue weighted by molar-refractivity contribution is 5.92. The van der Waals surface area contributed by atoms with Crippen LogP contribution in [0.3, 0.4) is 0 Å². The number of rotatable bonds is 7. The first-order valence-corrected chi connectivity index (χ1v) is 9.34. The molecule has 2 aromatic rings. The average Bonchev–Trinajstić information content (AvgIpc) is 3.47. The molecule has 2 fully saturated rings. The molecule has 5 heteroatoms. The van der Waals surface area contributed by atoms with Gasteiger partial charge in [-0.05, 0) is 49.7 Å². The summed E-state index contributed by atoms with van der Waals surface area (Å²) >= 11 is 0. The van der Waals surface area contributed by atoms with Gasteiger partial charge in [-0.2, -0.15) is 5.26 Å². The van der Waals surface area contributed by atoms with Crippen molar-refractivity contribution in [3.8, 4) is 6.07 Å². The molecule has 1 heterocycles. The molecule has 5 nitrogen and oxygen atoms in total. The quantitative estimate of drug-likeness (QED) is 0.593. The Balaban J connectivity index is 1.45. The summed E-state index contributed by atoms with van der Waals surface area (Å²) in [7, 11) is 0. The monoisotopic (exact) mass is 345 g/mol. The molecule has 4 rings (SSSR count). The third kappa shape index (κ3) is 3.66. The van der Waals surface area contributed by atoms with Crippen LogP contribution in [0.4, 0.5) is 0 Å². The van der Waals surface area contributed by atoms with Gasteiger partial charge >= 0.3 is 0 Å². The molecule has 1 unspecified atom stereocenters. The van der Waals surface area contributed by atoms with Gasteiger partial charge in [-0.15, -0.1) is 0 Å². The second kappa shape index (κ2) is 7.35. The van der Waals surface area contributed by atoms with Crippen LogP contribution in [0.1, 0.15) is 37.3 Å². The summed E-state index contributed by atoms with van der Waals surface area (Å²) in [4.78, 5) is 9.34. The average molecular weight is 345 g/mol. The highest BCUT2D eigenvalue weighted by Crippen LogP contribution is 2.36. The van der Waals surface area contributed by atoms with Crippen LogP contribution in [0.15, 0.2) is 42.6 Å². The molecule has 0 saturated heterocycles. The highest BCUT2D eigenvalue weighted by atomic mass is 14.9. The third-order valence-corrected chi connectivity index (χ3v) is 5.44. The Morgan fingerprint density at radius 3 is 2.81 bits per heavy atom. The van der Waals surface area contributed by atoms with Gasteiger partial charge in [-0.1, -0.05) is 18.2 Å². The smallest absolute Gasteiger partial charge is 0.0908 e. The number of benzene rings is 1. The van der Waals surface area contributed by atoms with Crippen LogP contribution in [0.25, 0.3) is 11.0 Å². The number of para-hydroxylation sites is 2. The van der Waals surface area contributed by atoms with Crippen molar-refractivity contribution in [1.29, 1.82) is 10.7 Å². The number of hydrogen-bond donors (Lipinski definition) is 2. The number of aromatic nitrogens is 2. The van der Waals surface area contributed by atoms with Crippen LogP contribution >= 0.6 is 0 Å². The molecule has 2 aliphatic carbocycles. The summed E-state index contributed by atoms with van der Waals surface area (Å²) in [6.45, 7) is 0.738. The van der Waals surface area contributed by atoms with Crippen molar-refractivity contribution in [2.24, 2.45) is 11.8 Å². The molecule has 1 aromatic heterocycles. The number of nitrogens with zero attached hydrogens (tertiary/aromatic N) is 3. The molecule has 2 N–H and O–H groups in total. The van der Waals surface area contributed by atoms with Crippen LogP contribution in [0, 0.1) is 28.6 Å². The lowest BCUT2D eigenvalue weighted by atomic mass is 9.79. The van der Waals surface area contributed by atoms with Gasteiger partial charge in [0, 0.05) is 30.6 Å². The van der Waals surface area contributed by atoms with Crippen molar-refractivity contribution in [2.75, 3.05) is 6.54 Å². The number of allylic oxidation sites excluding steroid dienone is 2. The second-order valence-corrected chi connectivity index (χ2v) is 7.39. The lowest BCUT2D eigenvalue weighted by molar-refractivity contribution is 0.268. The zero-order valence-electron chi connectivity index (χ0n) is 14.7. The van der Waals surface area contributed by atoms with E-state index in [-0.39, 0.29) is 5.92 Å². The minimum Gasteiger partial charge on any atom is -0.313 e. The van der Waals surface area contributed by atoms with Crippen LogP contribution in [-0.4, -0.2) is 28.3 Å².